The summed E-state index contributed by atoms with van der Waals surface area (Å²) in [5, 5.41) is 2.96. The summed E-state index contributed by atoms with van der Waals surface area (Å²) >= 11 is 0. The number of aromatic nitrogens is 2. The Kier molecular flexibility index (Phi) is 11.7. The number of anilines is 2. The Hall–Kier alpha value is -5.12. The van der Waals surface area contributed by atoms with Crippen molar-refractivity contribution in [2.75, 3.05) is 64.2 Å². The van der Waals surface area contributed by atoms with Gasteiger partial charge in [-0.1, -0.05) is 19.1 Å². The molecule has 258 valence electrons. The number of allylic oxidation sites excluding steroid dienone is 1. The van der Waals surface area contributed by atoms with E-state index < -0.39 is 0 Å². The number of para-hydroxylation sites is 1. The van der Waals surface area contributed by atoms with Gasteiger partial charge in [0, 0.05) is 45.2 Å². The maximum atomic E-state index is 13.7. The van der Waals surface area contributed by atoms with Crippen LogP contribution in [0, 0.1) is 6.92 Å². The molecule has 0 aliphatic carbocycles. The van der Waals surface area contributed by atoms with Gasteiger partial charge in [-0.3, -0.25) is 9.59 Å². The second-order valence-electron chi connectivity index (χ2n) is 12.5. The predicted octanol–water partition coefficient (Wildman–Crippen LogP) is 5.87. The first-order valence-corrected chi connectivity index (χ1v) is 16.9. The van der Waals surface area contributed by atoms with Gasteiger partial charge < -0.3 is 34.5 Å². The van der Waals surface area contributed by atoms with Crippen molar-refractivity contribution < 1.29 is 23.9 Å². The summed E-state index contributed by atoms with van der Waals surface area (Å²) in [6, 6.07) is 16.1. The normalized spacial score (nSPS) is 13.2. The fraction of sp³-hybridized carbons (Fsp3) is 0.395. The fourth-order valence-electron chi connectivity index (χ4n) is 5.98. The Balaban J connectivity index is 1.23. The molecule has 0 saturated carbocycles. The molecule has 1 fully saturated rings. The molecular weight excluding hydrogens is 620 g/mol. The Morgan fingerprint density at radius 2 is 1.84 bits per heavy atom. The minimum Gasteiger partial charge on any atom is -0.496 e. The highest BCUT2D eigenvalue weighted by atomic mass is 16.5. The van der Waals surface area contributed by atoms with Crippen molar-refractivity contribution in [1.82, 2.24) is 19.8 Å². The van der Waals surface area contributed by atoms with Crippen LogP contribution >= 0.6 is 0 Å². The van der Waals surface area contributed by atoms with Gasteiger partial charge in [-0.15, -0.1) is 0 Å². The molecule has 2 amide bonds. The molecule has 0 bridgehead atoms. The number of piperazine rings is 1. The minimum atomic E-state index is -0.370. The van der Waals surface area contributed by atoms with Gasteiger partial charge in [0.1, 0.15) is 28.8 Å². The van der Waals surface area contributed by atoms with E-state index >= 15 is 0 Å². The van der Waals surface area contributed by atoms with Gasteiger partial charge in [0.15, 0.2) is 0 Å². The van der Waals surface area contributed by atoms with Crippen LogP contribution < -0.4 is 19.7 Å². The van der Waals surface area contributed by atoms with Crippen LogP contribution in [0.1, 0.15) is 64.7 Å². The number of nitrogens with zero attached hydrogens (tertiary/aromatic N) is 4. The fourth-order valence-corrected chi connectivity index (χ4v) is 5.98. The average molecular weight is 667 g/mol. The van der Waals surface area contributed by atoms with E-state index in [1.165, 1.54) is 12.0 Å². The number of ether oxygens (including phenoxy) is 2. The van der Waals surface area contributed by atoms with Gasteiger partial charge in [-0.2, -0.15) is 0 Å². The topological polar surface area (TPSA) is 120 Å². The number of hydrogen-bond donors (Lipinski definition) is 2. The van der Waals surface area contributed by atoms with E-state index in [4.69, 9.17) is 9.47 Å². The predicted molar refractivity (Wildman–Crippen MR) is 193 cm³/mol. The van der Waals surface area contributed by atoms with Crippen molar-refractivity contribution in [1.29, 1.82) is 0 Å². The maximum Gasteiger partial charge on any atom is 0.259 e. The zero-order valence-corrected chi connectivity index (χ0v) is 29.1. The molecular formula is C38H46N6O5. The molecule has 1 aliphatic heterocycles. The van der Waals surface area contributed by atoms with Crippen molar-refractivity contribution >= 4 is 40.2 Å². The number of H-pyrrole nitrogens is 1. The summed E-state index contributed by atoms with van der Waals surface area (Å²) in [5.41, 5.74) is 5.14. The molecule has 0 unspecified atom stereocenters. The molecule has 1 aromatic heterocycles. The van der Waals surface area contributed by atoms with Crippen LogP contribution in [0.15, 0.2) is 60.3 Å². The molecule has 0 spiro atoms. The molecule has 11 heteroatoms. The number of likely N-dealkylation sites (N-methyl/N-ethyl adjacent to an activating group) is 1. The maximum absolute atomic E-state index is 13.7. The Morgan fingerprint density at radius 3 is 2.57 bits per heavy atom. The highest BCUT2D eigenvalue weighted by Gasteiger charge is 2.22. The zero-order valence-electron chi connectivity index (χ0n) is 29.1. The number of carbonyl (C=O) groups is 2. The number of aromatic amines is 1. The second-order valence-corrected chi connectivity index (χ2v) is 12.5. The SMILES string of the molecule is CCCc1nc2c(NC(=O)c3ccc(C(=O)N(C)c4ccc(C)cc4OCCCCC(=C=O)N4CCN(C)CC4)cc3OC)cccc2[nH]1. The third kappa shape index (κ3) is 8.49. The van der Waals surface area contributed by atoms with E-state index in [-0.39, 0.29) is 17.6 Å². The van der Waals surface area contributed by atoms with Crippen molar-refractivity contribution in [3.63, 3.8) is 0 Å². The first kappa shape index (κ1) is 35.2. The standard InChI is InChI=1S/C38H46N6O5/c1-6-10-35-39-30-12-9-13-31(36(30)41-35)40-37(46)29-16-15-27(24-33(29)48-5)38(47)43(4)32-17-14-26(2)23-34(32)49-22-8-7-11-28(25-45)44-20-18-42(3)19-21-44/h9,12-17,23-24H,6-8,10-11,18-22H2,1-5H3,(H,39,41)(H,40,46). The van der Waals surface area contributed by atoms with Gasteiger partial charge >= 0.3 is 0 Å². The third-order valence-corrected chi connectivity index (χ3v) is 8.84. The number of aryl methyl sites for hydroxylation is 2. The summed E-state index contributed by atoms with van der Waals surface area (Å²) in [6.07, 6.45) is 3.97. The van der Waals surface area contributed by atoms with Crippen molar-refractivity contribution in [3.05, 3.63) is 82.8 Å². The molecule has 0 atom stereocenters. The number of imidazole rings is 1. The minimum absolute atomic E-state index is 0.276. The largest absolute Gasteiger partial charge is 0.496 e. The van der Waals surface area contributed by atoms with Gasteiger partial charge in [0.2, 0.25) is 0 Å². The number of hydrogen-bond acceptors (Lipinski definition) is 8. The molecule has 2 heterocycles. The second kappa shape index (κ2) is 16.3. The Labute approximate surface area is 287 Å². The van der Waals surface area contributed by atoms with Crippen molar-refractivity contribution in [3.8, 4) is 11.5 Å². The van der Waals surface area contributed by atoms with Crippen molar-refractivity contribution in [2.24, 2.45) is 0 Å². The Morgan fingerprint density at radius 1 is 1.04 bits per heavy atom. The summed E-state index contributed by atoms with van der Waals surface area (Å²) in [4.78, 5) is 52.7. The Bertz CT molecular complexity index is 1840. The van der Waals surface area contributed by atoms with Crippen LogP contribution in [0.5, 0.6) is 11.5 Å². The van der Waals surface area contributed by atoms with Crippen molar-refractivity contribution in [2.45, 2.75) is 46.0 Å². The smallest absolute Gasteiger partial charge is 0.259 e. The van der Waals surface area contributed by atoms with E-state index in [0.29, 0.717) is 46.8 Å². The lowest BCUT2D eigenvalue weighted by molar-refractivity contribution is 0.0987. The monoisotopic (exact) mass is 666 g/mol. The lowest BCUT2D eigenvalue weighted by Gasteiger charge is -2.34. The number of methoxy groups -OCH3 is 1. The third-order valence-electron chi connectivity index (χ3n) is 8.84. The van der Waals surface area contributed by atoms with Crippen LogP contribution in [-0.2, 0) is 11.2 Å². The molecule has 5 rings (SSSR count). The zero-order chi connectivity index (χ0) is 34.9. The van der Waals surface area contributed by atoms with Gasteiger partial charge in [-0.25, -0.2) is 9.78 Å². The number of fused-ring (bicyclic) bond motifs is 1. The quantitative estimate of drug-likeness (QED) is 0.127. The molecule has 3 aromatic carbocycles. The number of rotatable bonds is 14. The number of amides is 2. The summed E-state index contributed by atoms with van der Waals surface area (Å²) in [6.45, 7) is 8.06. The molecule has 2 N–H and O–H groups in total. The summed E-state index contributed by atoms with van der Waals surface area (Å²) < 4.78 is 11.8. The number of carbonyl (C=O) groups excluding carboxylic acids is 3. The molecule has 11 nitrogen and oxygen atoms in total. The first-order chi connectivity index (χ1) is 23.7. The van der Waals surface area contributed by atoms with E-state index in [1.807, 2.05) is 43.3 Å². The molecule has 4 aromatic rings. The number of nitrogens with one attached hydrogen (secondary N) is 2. The highest BCUT2D eigenvalue weighted by molar-refractivity contribution is 6.11. The molecule has 49 heavy (non-hydrogen) atoms. The highest BCUT2D eigenvalue weighted by Crippen LogP contribution is 2.32. The lowest BCUT2D eigenvalue weighted by atomic mass is 10.1. The van der Waals surface area contributed by atoms with Crippen LogP contribution in [0.25, 0.3) is 11.0 Å². The lowest BCUT2D eigenvalue weighted by Crippen LogP contribution is -2.44. The van der Waals surface area contributed by atoms with Crippen LogP contribution in [-0.4, -0.2) is 91.5 Å². The molecule has 1 saturated heterocycles. The van der Waals surface area contributed by atoms with Crippen LogP contribution in [0.4, 0.5) is 11.4 Å². The summed E-state index contributed by atoms with van der Waals surface area (Å²) in [5.74, 6) is 3.24. The van der Waals surface area contributed by atoms with Gasteiger partial charge in [0.05, 0.1) is 41.9 Å². The van der Waals surface area contributed by atoms with Crippen LogP contribution in [0.3, 0.4) is 0 Å². The van der Waals surface area contributed by atoms with E-state index in [0.717, 1.165) is 74.5 Å². The van der Waals surface area contributed by atoms with E-state index in [2.05, 4.69) is 45.0 Å². The van der Waals surface area contributed by atoms with E-state index in [1.54, 1.807) is 25.2 Å². The van der Waals surface area contributed by atoms with Crippen LogP contribution in [0.2, 0.25) is 0 Å². The average Bonchev–Trinajstić information content (AvgIpc) is 3.53. The molecule has 1 aliphatic rings. The first-order valence-electron chi connectivity index (χ1n) is 16.9. The van der Waals surface area contributed by atoms with E-state index in [9.17, 15) is 14.4 Å². The number of benzene rings is 3. The number of unbranched alkanes of at least 4 members (excludes halogenated alkanes) is 1. The molecule has 0 radical (unpaired) electrons. The van der Waals surface area contributed by atoms with Gasteiger partial charge in [-0.05, 0) is 87.7 Å². The van der Waals surface area contributed by atoms with Gasteiger partial charge in [0.25, 0.3) is 11.8 Å². The summed E-state index contributed by atoms with van der Waals surface area (Å²) in [7, 11) is 5.26.